The number of methoxy groups -OCH3 is 1. The summed E-state index contributed by atoms with van der Waals surface area (Å²) in [5.74, 6) is 0.587. The zero-order chi connectivity index (χ0) is 21.6. The second-order valence-electron chi connectivity index (χ2n) is 7.69. The number of fused-ring (bicyclic) bond motifs is 2. The van der Waals surface area contributed by atoms with Crippen molar-refractivity contribution in [2.75, 3.05) is 20.3 Å². The maximum Gasteiger partial charge on any atom is 0.259 e. The summed E-state index contributed by atoms with van der Waals surface area (Å²) in [6, 6.07) is 10.4. The van der Waals surface area contributed by atoms with Crippen LogP contribution in [0.25, 0.3) is 0 Å². The molecule has 0 spiro atoms. The van der Waals surface area contributed by atoms with Crippen molar-refractivity contribution in [3.05, 3.63) is 65.9 Å². The quantitative estimate of drug-likeness (QED) is 0.753. The number of piperidine rings is 1. The van der Waals surface area contributed by atoms with E-state index in [1.165, 1.54) is 7.11 Å². The summed E-state index contributed by atoms with van der Waals surface area (Å²) in [5, 5.41) is 3.16. The fraction of sp³-hybridized carbons (Fsp3) is 0.375. The van der Waals surface area contributed by atoms with Crippen LogP contribution in [0.1, 0.15) is 46.4 Å². The lowest BCUT2D eigenvalue weighted by Gasteiger charge is -2.41. The average molecular weight is 421 g/mol. The van der Waals surface area contributed by atoms with E-state index in [1.807, 2.05) is 23.1 Å². The fourth-order valence-electron chi connectivity index (χ4n) is 4.26. The van der Waals surface area contributed by atoms with Crippen molar-refractivity contribution in [2.24, 2.45) is 0 Å². The van der Waals surface area contributed by atoms with Crippen molar-refractivity contribution in [1.29, 1.82) is 0 Å². The molecule has 1 saturated heterocycles. The topological polar surface area (TPSA) is 80.8 Å². The third-order valence-corrected chi connectivity index (χ3v) is 5.77. The molecule has 2 aromatic rings. The third-order valence-electron chi connectivity index (χ3n) is 5.77. The van der Waals surface area contributed by atoms with Gasteiger partial charge in [0.2, 0.25) is 5.88 Å². The second kappa shape index (κ2) is 9.64. The van der Waals surface area contributed by atoms with Crippen molar-refractivity contribution in [3.63, 3.8) is 0 Å². The first-order valence-corrected chi connectivity index (χ1v) is 10.7. The fourth-order valence-corrected chi connectivity index (χ4v) is 4.26. The third kappa shape index (κ3) is 4.55. The van der Waals surface area contributed by atoms with E-state index < -0.39 is 0 Å². The molecule has 2 amide bonds. The molecular formula is C24H27N3O4. The number of amides is 2. The van der Waals surface area contributed by atoms with Crippen molar-refractivity contribution in [2.45, 2.75) is 37.8 Å². The Labute approximate surface area is 182 Å². The highest BCUT2D eigenvalue weighted by molar-refractivity contribution is 5.98. The van der Waals surface area contributed by atoms with Gasteiger partial charge >= 0.3 is 0 Å². The Balaban J connectivity index is 1.64. The van der Waals surface area contributed by atoms with Crippen LogP contribution in [0, 0.1) is 0 Å². The molecule has 162 valence electrons. The number of para-hydroxylation sites is 1. The Bertz CT molecular complexity index is 975. The van der Waals surface area contributed by atoms with Gasteiger partial charge in [0, 0.05) is 18.8 Å². The number of aromatic nitrogens is 1. The van der Waals surface area contributed by atoms with E-state index in [2.05, 4.69) is 22.5 Å². The highest BCUT2D eigenvalue weighted by Gasteiger charge is 2.36. The number of carbonyl (C=O) groups excluding carboxylic acids is 2. The zero-order valence-corrected chi connectivity index (χ0v) is 17.6. The van der Waals surface area contributed by atoms with E-state index in [9.17, 15) is 9.59 Å². The molecule has 1 N–H and O–H groups in total. The van der Waals surface area contributed by atoms with Crippen LogP contribution in [0.3, 0.4) is 0 Å². The number of ether oxygens (including phenoxy) is 2. The SMILES string of the molecule is COc1ncccc1C(=O)N1CCC[C@@H]2NC(=O)c3ccccc3OCC/C=C/C[C@@H]21. The molecule has 0 unspecified atom stereocenters. The van der Waals surface area contributed by atoms with Crippen molar-refractivity contribution in [1.82, 2.24) is 15.2 Å². The van der Waals surface area contributed by atoms with Gasteiger partial charge in [-0.05, 0) is 49.9 Å². The summed E-state index contributed by atoms with van der Waals surface area (Å²) in [6.45, 7) is 1.12. The lowest BCUT2D eigenvalue weighted by molar-refractivity contribution is 0.0527. The Morgan fingerprint density at radius 3 is 2.97 bits per heavy atom. The molecule has 31 heavy (non-hydrogen) atoms. The smallest absolute Gasteiger partial charge is 0.259 e. The molecule has 3 heterocycles. The van der Waals surface area contributed by atoms with Gasteiger partial charge in [-0.1, -0.05) is 24.3 Å². The predicted octanol–water partition coefficient (Wildman–Crippen LogP) is 3.22. The van der Waals surface area contributed by atoms with E-state index in [-0.39, 0.29) is 23.9 Å². The standard InChI is InChI=1S/C24H27N3O4/c1-30-23-18(10-7-14-25-23)24(29)27-15-8-11-19-20(27)12-3-2-6-16-31-21-13-5-4-9-17(21)22(28)26-19/h2-5,7,9-10,13-14,19-20H,6,8,11-12,15-16H2,1H3,(H,26,28)/b3-2+/t19-,20-/m0/s1. The van der Waals surface area contributed by atoms with Crippen LogP contribution in [-0.4, -0.2) is 54.0 Å². The van der Waals surface area contributed by atoms with Crippen LogP contribution >= 0.6 is 0 Å². The molecule has 2 atom stereocenters. The Morgan fingerprint density at radius 1 is 1.23 bits per heavy atom. The molecule has 1 aromatic carbocycles. The van der Waals surface area contributed by atoms with Gasteiger partial charge in [0.05, 0.1) is 25.3 Å². The van der Waals surface area contributed by atoms with Crippen molar-refractivity contribution < 1.29 is 19.1 Å². The summed E-state index contributed by atoms with van der Waals surface area (Å²) >= 11 is 0. The van der Waals surface area contributed by atoms with Crippen molar-refractivity contribution in [3.8, 4) is 11.6 Å². The van der Waals surface area contributed by atoms with Gasteiger partial charge in [-0.25, -0.2) is 4.98 Å². The number of benzene rings is 1. The van der Waals surface area contributed by atoms with E-state index in [0.717, 1.165) is 19.3 Å². The van der Waals surface area contributed by atoms with E-state index in [1.54, 1.807) is 24.4 Å². The number of nitrogens with zero attached hydrogens (tertiary/aromatic N) is 2. The molecule has 4 rings (SSSR count). The molecular weight excluding hydrogens is 394 g/mol. The van der Waals surface area contributed by atoms with Gasteiger partial charge in [-0.15, -0.1) is 0 Å². The Kier molecular flexibility index (Phi) is 6.50. The first-order chi connectivity index (χ1) is 15.2. The Morgan fingerprint density at radius 2 is 2.10 bits per heavy atom. The van der Waals surface area contributed by atoms with E-state index in [0.29, 0.717) is 42.3 Å². The molecule has 0 saturated carbocycles. The normalized spacial score (nSPS) is 22.5. The van der Waals surface area contributed by atoms with Crippen LogP contribution in [0.5, 0.6) is 11.6 Å². The molecule has 0 bridgehead atoms. The summed E-state index contributed by atoms with van der Waals surface area (Å²) in [7, 11) is 1.51. The number of rotatable bonds is 2. The van der Waals surface area contributed by atoms with E-state index in [4.69, 9.17) is 9.47 Å². The van der Waals surface area contributed by atoms with E-state index >= 15 is 0 Å². The lowest BCUT2D eigenvalue weighted by Crippen LogP contribution is -2.57. The van der Waals surface area contributed by atoms with Gasteiger partial charge in [0.25, 0.3) is 11.8 Å². The maximum absolute atomic E-state index is 13.4. The summed E-state index contributed by atoms with van der Waals surface area (Å²) in [6.07, 6.45) is 8.75. The summed E-state index contributed by atoms with van der Waals surface area (Å²) < 4.78 is 11.1. The first kappa shape index (κ1) is 20.9. The van der Waals surface area contributed by atoms with Gasteiger partial charge in [0.1, 0.15) is 11.3 Å². The predicted molar refractivity (Wildman–Crippen MR) is 116 cm³/mol. The van der Waals surface area contributed by atoms with Crippen LogP contribution < -0.4 is 14.8 Å². The minimum absolute atomic E-state index is 0.127. The second-order valence-corrected chi connectivity index (χ2v) is 7.69. The molecule has 2 aliphatic heterocycles. The van der Waals surface area contributed by atoms with Gasteiger partial charge < -0.3 is 19.7 Å². The van der Waals surface area contributed by atoms with Crippen LogP contribution in [0.4, 0.5) is 0 Å². The molecule has 7 nitrogen and oxygen atoms in total. The number of carbonyl (C=O) groups is 2. The molecule has 7 heteroatoms. The minimum atomic E-state index is -0.177. The van der Waals surface area contributed by atoms with Gasteiger partial charge in [-0.3, -0.25) is 9.59 Å². The molecule has 1 aromatic heterocycles. The zero-order valence-electron chi connectivity index (χ0n) is 17.6. The lowest BCUT2D eigenvalue weighted by atomic mass is 9.92. The number of nitrogens with one attached hydrogen (secondary N) is 1. The minimum Gasteiger partial charge on any atom is -0.492 e. The molecule has 2 aliphatic rings. The summed E-state index contributed by atoms with van der Waals surface area (Å²) in [5.41, 5.74) is 0.953. The number of hydrogen-bond acceptors (Lipinski definition) is 5. The molecule has 1 fully saturated rings. The van der Waals surface area contributed by atoms with Crippen molar-refractivity contribution >= 4 is 11.8 Å². The van der Waals surface area contributed by atoms with Gasteiger partial charge in [0.15, 0.2) is 0 Å². The highest BCUT2D eigenvalue weighted by Crippen LogP contribution is 2.27. The van der Waals surface area contributed by atoms with Crippen LogP contribution in [0.2, 0.25) is 0 Å². The maximum atomic E-state index is 13.4. The molecule has 0 radical (unpaired) electrons. The summed E-state index contributed by atoms with van der Waals surface area (Å²) in [4.78, 5) is 32.5. The average Bonchev–Trinajstić information content (AvgIpc) is 2.80. The monoisotopic (exact) mass is 421 g/mol. The molecule has 0 aliphatic carbocycles. The number of likely N-dealkylation sites (tertiary alicyclic amines) is 1. The highest BCUT2D eigenvalue weighted by atomic mass is 16.5. The largest absolute Gasteiger partial charge is 0.492 e. The van der Waals surface area contributed by atoms with Crippen LogP contribution in [-0.2, 0) is 0 Å². The Hall–Kier alpha value is -3.35. The number of hydrogen-bond donors (Lipinski definition) is 1. The van der Waals surface area contributed by atoms with Gasteiger partial charge in [-0.2, -0.15) is 0 Å². The first-order valence-electron chi connectivity index (χ1n) is 10.7. The number of pyridine rings is 1. The van der Waals surface area contributed by atoms with Crippen LogP contribution in [0.15, 0.2) is 54.7 Å².